The van der Waals surface area contributed by atoms with Crippen LogP contribution in [0.3, 0.4) is 0 Å². The first kappa shape index (κ1) is 21.3. The molecule has 1 aliphatic carbocycles. The van der Waals surface area contributed by atoms with Gasteiger partial charge in [0.15, 0.2) is 5.84 Å². The molecule has 30 heavy (non-hydrogen) atoms. The van der Waals surface area contributed by atoms with Crippen molar-refractivity contribution in [2.45, 2.75) is 42.5 Å². The molecule has 2 aromatic carbocycles. The van der Waals surface area contributed by atoms with Crippen molar-refractivity contribution in [2.24, 2.45) is 5.10 Å². The number of aryl methyl sites for hydroxylation is 1. The lowest BCUT2D eigenvalue weighted by Crippen LogP contribution is -2.46. The fourth-order valence-electron chi connectivity index (χ4n) is 3.80. The number of hydrazone groups is 1. The summed E-state index contributed by atoms with van der Waals surface area (Å²) in [4.78, 5) is 3.62. The van der Waals surface area contributed by atoms with Gasteiger partial charge in [0.05, 0.1) is 20.5 Å². The molecule has 2 aromatic rings. The van der Waals surface area contributed by atoms with E-state index in [1.54, 1.807) is 30.3 Å². The van der Waals surface area contributed by atoms with Gasteiger partial charge in [-0.3, -0.25) is 0 Å². The Balaban J connectivity index is 1.78. The summed E-state index contributed by atoms with van der Waals surface area (Å²) in [6, 6.07) is 10.9. The maximum atomic E-state index is 14.6. The van der Waals surface area contributed by atoms with Crippen LogP contribution in [0, 0.1) is 6.92 Å². The lowest BCUT2D eigenvalue weighted by molar-refractivity contribution is -0.0352. The van der Waals surface area contributed by atoms with Crippen molar-refractivity contribution in [3.63, 3.8) is 0 Å². The molecular weight excluding hydrogens is 455 g/mol. The van der Waals surface area contributed by atoms with E-state index in [-0.39, 0.29) is 52.1 Å². The highest BCUT2D eigenvalue weighted by Gasteiger charge is 2.69. The zero-order chi connectivity index (χ0) is 21.7. The molecular formula is C20H19Cl2F2N3O2S. The quantitative estimate of drug-likeness (QED) is 0.393. The van der Waals surface area contributed by atoms with E-state index in [0.717, 1.165) is 5.56 Å². The zero-order valence-electron chi connectivity index (χ0n) is 16.0. The molecule has 5 nitrogen and oxygen atoms in total. The summed E-state index contributed by atoms with van der Waals surface area (Å²) in [5, 5.41) is 4.46. The first-order chi connectivity index (χ1) is 14.1. The highest BCUT2D eigenvalue weighted by atomic mass is 35.5. The average Bonchev–Trinajstić information content (AvgIpc) is 3.43. The predicted octanol–water partition coefficient (Wildman–Crippen LogP) is 4.82. The van der Waals surface area contributed by atoms with Crippen LogP contribution in [0.1, 0.15) is 30.4 Å². The van der Waals surface area contributed by atoms with Crippen LogP contribution >= 0.6 is 23.2 Å². The smallest absolute Gasteiger partial charge is 0.276 e. The lowest BCUT2D eigenvalue weighted by Gasteiger charge is -2.31. The minimum Gasteiger partial charge on any atom is -0.343 e. The van der Waals surface area contributed by atoms with Gasteiger partial charge in [-0.1, -0.05) is 47.0 Å². The van der Waals surface area contributed by atoms with Crippen LogP contribution in [-0.4, -0.2) is 37.2 Å². The third-order valence-corrected chi connectivity index (χ3v) is 7.47. The maximum absolute atomic E-state index is 14.6. The summed E-state index contributed by atoms with van der Waals surface area (Å²) in [7, 11) is -4.02. The number of rotatable bonds is 4. The average molecular weight is 474 g/mol. The molecule has 10 heteroatoms. The minimum atomic E-state index is -4.02. The van der Waals surface area contributed by atoms with E-state index in [1.807, 2.05) is 6.92 Å². The number of halogens is 4. The Morgan fingerprint density at radius 2 is 1.67 bits per heavy atom. The molecule has 0 aromatic heterocycles. The number of benzene rings is 2. The van der Waals surface area contributed by atoms with Crippen molar-refractivity contribution >= 4 is 39.1 Å². The number of sulfonamides is 1. The number of hydrogen-bond donors (Lipinski definition) is 1. The number of alkyl halides is 2. The lowest BCUT2D eigenvalue weighted by atomic mass is 10.1. The fourth-order valence-corrected chi connectivity index (χ4v) is 5.17. The monoisotopic (exact) mass is 473 g/mol. The second-order valence-electron chi connectivity index (χ2n) is 7.58. The van der Waals surface area contributed by atoms with Crippen LogP contribution < -0.4 is 4.83 Å². The van der Waals surface area contributed by atoms with Crippen LogP contribution in [0.2, 0.25) is 10.0 Å². The van der Waals surface area contributed by atoms with Crippen LogP contribution in [-0.2, 0) is 10.0 Å². The van der Waals surface area contributed by atoms with E-state index >= 15 is 0 Å². The Labute approximate surface area is 183 Å². The highest BCUT2D eigenvalue weighted by Crippen LogP contribution is 2.58. The standard InChI is InChI=1S/C20H19Cl2F2N3O2S/c1-13-5-7-14(8-6-13)30(28,29)26-25-18(17-15(21)3-2-4-16(17)22)27-12-11-20(23,24)19(27)9-10-19/h2-8,26H,9-12H2,1H3/b25-18+. The van der Waals surface area contributed by atoms with Crippen molar-refractivity contribution in [3.8, 4) is 0 Å². The van der Waals surface area contributed by atoms with Gasteiger partial charge in [-0.15, -0.1) is 5.10 Å². The number of hydrogen-bond acceptors (Lipinski definition) is 3. The van der Waals surface area contributed by atoms with Crippen molar-refractivity contribution in [3.05, 3.63) is 63.6 Å². The molecule has 0 unspecified atom stereocenters. The Hall–Kier alpha value is -1.90. The summed E-state index contributed by atoms with van der Waals surface area (Å²) in [6.45, 7) is 1.85. The summed E-state index contributed by atoms with van der Waals surface area (Å²) >= 11 is 12.6. The second kappa shape index (κ2) is 7.35. The van der Waals surface area contributed by atoms with Crippen molar-refractivity contribution in [1.82, 2.24) is 9.73 Å². The topological polar surface area (TPSA) is 61.8 Å². The van der Waals surface area contributed by atoms with Gasteiger partial charge >= 0.3 is 0 Å². The first-order valence-electron chi connectivity index (χ1n) is 9.33. The summed E-state index contributed by atoms with van der Waals surface area (Å²) in [5.74, 6) is -2.91. The Morgan fingerprint density at radius 1 is 1.07 bits per heavy atom. The predicted molar refractivity (Wildman–Crippen MR) is 113 cm³/mol. The molecule has 160 valence electrons. The SMILES string of the molecule is Cc1ccc(S(=O)(=O)N/N=C(\c2c(Cl)cccc2Cl)N2CCC(F)(F)C23CC3)cc1. The maximum Gasteiger partial charge on any atom is 0.276 e. The summed E-state index contributed by atoms with van der Waals surface area (Å²) in [6.07, 6.45) is 0.219. The molecule has 4 rings (SSSR count). The van der Waals surface area contributed by atoms with Crippen LogP contribution in [0.5, 0.6) is 0 Å². The summed E-state index contributed by atoms with van der Waals surface area (Å²) in [5.41, 5.74) is -0.267. The van der Waals surface area contributed by atoms with Crippen LogP contribution in [0.4, 0.5) is 8.78 Å². The zero-order valence-corrected chi connectivity index (χ0v) is 18.3. The van der Waals surface area contributed by atoms with Gasteiger partial charge in [0, 0.05) is 13.0 Å². The normalized spacial score (nSPS) is 19.9. The molecule has 1 saturated carbocycles. The molecule has 2 fully saturated rings. The highest BCUT2D eigenvalue weighted by molar-refractivity contribution is 7.89. The van der Waals surface area contributed by atoms with E-state index < -0.39 is 21.5 Å². The Bertz CT molecular complexity index is 1100. The van der Waals surface area contributed by atoms with E-state index in [4.69, 9.17) is 23.2 Å². The molecule has 1 spiro atoms. The van der Waals surface area contributed by atoms with E-state index in [2.05, 4.69) is 9.93 Å². The molecule has 0 amide bonds. The Morgan fingerprint density at radius 3 is 2.23 bits per heavy atom. The molecule has 2 aliphatic rings. The van der Waals surface area contributed by atoms with Gasteiger partial charge < -0.3 is 4.90 Å². The number of nitrogens with zero attached hydrogens (tertiary/aromatic N) is 2. The van der Waals surface area contributed by atoms with Gasteiger partial charge in [-0.05, 0) is 44.0 Å². The number of likely N-dealkylation sites (tertiary alicyclic amines) is 1. The second-order valence-corrected chi connectivity index (χ2v) is 10.1. The number of amidine groups is 1. The van der Waals surface area contributed by atoms with Gasteiger partial charge in [-0.25, -0.2) is 8.78 Å². The van der Waals surface area contributed by atoms with E-state index in [0.29, 0.717) is 0 Å². The number of nitrogens with one attached hydrogen (secondary N) is 1. The van der Waals surface area contributed by atoms with Crippen molar-refractivity contribution < 1.29 is 17.2 Å². The van der Waals surface area contributed by atoms with E-state index in [1.165, 1.54) is 17.0 Å². The summed E-state index contributed by atoms with van der Waals surface area (Å²) < 4.78 is 54.6. The third-order valence-electron chi connectivity index (χ3n) is 5.62. The van der Waals surface area contributed by atoms with Crippen molar-refractivity contribution in [2.75, 3.05) is 6.54 Å². The molecule has 0 atom stereocenters. The fraction of sp³-hybridized carbons (Fsp3) is 0.350. The van der Waals surface area contributed by atoms with Crippen molar-refractivity contribution in [1.29, 1.82) is 0 Å². The first-order valence-corrected chi connectivity index (χ1v) is 11.6. The molecule has 1 aliphatic heterocycles. The molecule has 1 heterocycles. The molecule has 0 bridgehead atoms. The van der Waals surface area contributed by atoms with Gasteiger partial charge in [0.25, 0.3) is 15.9 Å². The molecule has 1 N–H and O–H groups in total. The van der Waals surface area contributed by atoms with Gasteiger partial charge in [-0.2, -0.15) is 13.2 Å². The molecule has 0 radical (unpaired) electrons. The van der Waals surface area contributed by atoms with Crippen LogP contribution in [0.15, 0.2) is 52.5 Å². The van der Waals surface area contributed by atoms with Gasteiger partial charge in [0.2, 0.25) is 0 Å². The van der Waals surface area contributed by atoms with E-state index in [9.17, 15) is 17.2 Å². The largest absolute Gasteiger partial charge is 0.343 e. The van der Waals surface area contributed by atoms with Gasteiger partial charge in [0.1, 0.15) is 5.54 Å². The minimum absolute atomic E-state index is 0.00374. The third kappa shape index (κ3) is 3.55. The van der Waals surface area contributed by atoms with Crippen LogP contribution in [0.25, 0.3) is 0 Å². The molecule has 1 saturated heterocycles. The Kier molecular flexibility index (Phi) is 5.23.